The SMILES string of the molecule is N=C(N)NCc1ccc(OCc2ccccc2)cc1. The van der Waals surface area contributed by atoms with Gasteiger partial charge in [-0.3, -0.25) is 5.41 Å². The van der Waals surface area contributed by atoms with E-state index in [4.69, 9.17) is 15.9 Å². The molecule has 0 aromatic heterocycles. The van der Waals surface area contributed by atoms with E-state index >= 15 is 0 Å². The molecule has 0 unspecified atom stereocenters. The second-order valence-corrected chi connectivity index (χ2v) is 4.19. The summed E-state index contributed by atoms with van der Waals surface area (Å²) >= 11 is 0. The van der Waals surface area contributed by atoms with Gasteiger partial charge in [-0.1, -0.05) is 42.5 Å². The van der Waals surface area contributed by atoms with Crippen molar-refractivity contribution in [3.63, 3.8) is 0 Å². The Morgan fingerprint density at radius 3 is 2.32 bits per heavy atom. The van der Waals surface area contributed by atoms with Crippen LogP contribution in [0.3, 0.4) is 0 Å². The molecule has 2 aromatic carbocycles. The van der Waals surface area contributed by atoms with Crippen molar-refractivity contribution in [1.29, 1.82) is 5.41 Å². The van der Waals surface area contributed by atoms with Gasteiger partial charge in [-0.05, 0) is 23.3 Å². The molecule has 19 heavy (non-hydrogen) atoms. The molecule has 4 nitrogen and oxygen atoms in total. The number of rotatable bonds is 5. The second-order valence-electron chi connectivity index (χ2n) is 4.19. The third kappa shape index (κ3) is 4.35. The predicted molar refractivity (Wildman–Crippen MR) is 76.0 cm³/mol. The van der Waals surface area contributed by atoms with Gasteiger partial charge in [-0.15, -0.1) is 0 Å². The molecule has 0 radical (unpaired) electrons. The molecule has 0 aliphatic heterocycles. The standard InChI is InChI=1S/C15H17N3O/c16-15(17)18-10-12-6-8-14(9-7-12)19-11-13-4-2-1-3-5-13/h1-9H,10-11H2,(H4,16,17,18). The number of hydrogen-bond donors (Lipinski definition) is 3. The molecule has 0 fully saturated rings. The zero-order valence-electron chi connectivity index (χ0n) is 10.6. The van der Waals surface area contributed by atoms with E-state index in [1.54, 1.807) is 0 Å². The zero-order valence-corrected chi connectivity index (χ0v) is 10.6. The fraction of sp³-hybridized carbons (Fsp3) is 0.133. The number of guanidine groups is 1. The monoisotopic (exact) mass is 255 g/mol. The van der Waals surface area contributed by atoms with E-state index in [0.717, 1.165) is 16.9 Å². The molecule has 98 valence electrons. The Kier molecular flexibility index (Phi) is 4.39. The van der Waals surface area contributed by atoms with Crippen LogP contribution in [0.25, 0.3) is 0 Å². The second kappa shape index (κ2) is 6.44. The van der Waals surface area contributed by atoms with E-state index in [-0.39, 0.29) is 5.96 Å². The summed E-state index contributed by atoms with van der Waals surface area (Å²) in [4.78, 5) is 0. The molecule has 0 spiro atoms. The highest BCUT2D eigenvalue weighted by atomic mass is 16.5. The molecule has 0 amide bonds. The molecule has 2 aromatic rings. The van der Waals surface area contributed by atoms with Crippen LogP contribution in [0.4, 0.5) is 0 Å². The Bertz CT molecular complexity index is 523. The molecular formula is C15H17N3O. The minimum Gasteiger partial charge on any atom is -0.489 e. The number of hydrogen-bond acceptors (Lipinski definition) is 2. The Labute approximate surface area is 112 Å². The molecule has 4 heteroatoms. The zero-order chi connectivity index (χ0) is 13.5. The van der Waals surface area contributed by atoms with Crippen molar-refractivity contribution < 1.29 is 4.74 Å². The lowest BCUT2D eigenvalue weighted by Crippen LogP contribution is -2.29. The summed E-state index contributed by atoms with van der Waals surface area (Å²) in [6.45, 7) is 1.11. The highest BCUT2D eigenvalue weighted by Gasteiger charge is 1.97. The van der Waals surface area contributed by atoms with Gasteiger partial charge in [-0.2, -0.15) is 0 Å². The minimum absolute atomic E-state index is 0.0237. The van der Waals surface area contributed by atoms with E-state index in [0.29, 0.717) is 13.2 Å². The van der Waals surface area contributed by atoms with Crippen LogP contribution >= 0.6 is 0 Å². The van der Waals surface area contributed by atoms with Crippen LogP contribution in [0.2, 0.25) is 0 Å². The van der Waals surface area contributed by atoms with Crippen LogP contribution in [-0.2, 0) is 13.2 Å². The van der Waals surface area contributed by atoms with Gasteiger partial charge in [0.25, 0.3) is 0 Å². The van der Waals surface area contributed by atoms with Gasteiger partial charge in [0.2, 0.25) is 0 Å². The van der Waals surface area contributed by atoms with Crippen molar-refractivity contribution >= 4 is 5.96 Å². The van der Waals surface area contributed by atoms with Gasteiger partial charge in [0.15, 0.2) is 5.96 Å². The predicted octanol–water partition coefficient (Wildman–Crippen LogP) is 2.25. The third-order valence-electron chi connectivity index (χ3n) is 2.65. The summed E-state index contributed by atoms with van der Waals surface area (Å²) in [6, 6.07) is 17.8. The lowest BCUT2D eigenvalue weighted by Gasteiger charge is -2.08. The number of nitrogens with one attached hydrogen (secondary N) is 2. The average Bonchev–Trinajstić information content (AvgIpc) is 2.45. The summed E-state index contributed by atoms with van der Waals surface area (Å²) in [5.41, 5.74) is 7.43. The molecule has 0 atom stereocenters. The van der Waals surface area contributed by atoms with Crippen LogP contribution in [-0.4, -0.2) is 5.96 Å². The van der Waals surface area contributed by atoms with Crippen molar-refractivity contribution in [3.05, 3.63) is 65.7 Å². The molecule has 2 rings (SSSR count). The van der Waals surface area contributed by atoms with Crippen LogP contribution in [0.1, 0.15) is 11.1 Å². The summed E-state index contributed by atoms with van der Waals surface area (Å²) in [6.07, 6.45) is 0. The van der Waals surface area contributed by atoms with Crippen molar-refractivity contribution in [2.24, 2.45) is 5.73 Å². The summed E-state index contributed by atoms with van der Waals surface area (Å²) < 4.78 is 5.69. The first-order chi connectivity index (χ1) is 9.24. The van der Waals surface area contributed by atoms with Gasteiger partial charge in [0, 0.05) is 6.54 Å². The lowest BCUT2D eigenvalue weighted by molar-refractivity contribution is 0.306. The largest absolute Gasteiger partial charge is 0.489 e. The van der Waals surface area contributed by atoms with E-state index in [1.165, 1.54) is 0 Å². The summed E-state index contributed by atoms with van der Waals surface area (Å²) in [5, 5.41) is 9.85. The van der Waals surface area contributed by atoms with E-state index in [9.17, 15) is 0 Å². The lowest BCUT2D eigenvalue weighted by atomic mass is 10.2. The van der Waals surface area contributed by atoms with Crippen LogP contribution in [0.15, 0.2) is 54.6 Å². The smallest absolute Gasteiger partial charge is 0.185 e. The van der Waals surface area contributed by atoms with E-state index < -0.39 is 0 Å². The first kappa shape index (κ1) is 13.0. The number of ether oxygens (including phenoxy) is 1. The quantitative estimate of drug-likeness (QED) is 0.567. The van der Waals surface area contributed by atoms with Crippen molar-refractivity contribution in [1.82, 2.24) is 5.32 Å². The Balaban J connectivity index is 1.86. The Morgan fingerprint density at radius 2 is 1.68 bits per heavy atom. The number of benzene rings is 2. The molecule has 0 aliphatic carbocycles. The fourth-order valence-corrected chi connectivity index (χ4v) is 1.64. The first-order valence-corrected chi connectivity index (χ1v) is 6.07. The maximum atomic E-state index is 7.09. The topological polar surface area (TPSA) is 71.1 Å². The van der Waals surface area contributed by atoms with E-state index in [2.05, 4.69) is 5.32 Å². The van der Waals surface area contributed by atoms with Crippen molar-refractivity contribution in [2.45, 2.75) is 13.2 Å². The molecule has 0 bridgehead atoms. The Morgan fingerprint density at radius 1 is 1.00 bits per heavy atom. The Hall–Kier alpha value is -2.49. The van der Waals surface area contributed by atoms with Crippen LogP contribution in [0, 0.1) is 5.41 Å². The summed E-state index contributed by atoms with van der Waals surface area (Å²) in [5.74, 6) is 0.805. The summed E-state index contributed by atoms with van der Waals surface area (Å²) in [7, 11) is 0. The third-order valence-corrected chi connectivity index (χ3v) is 2.65. The van der Waals surface area contributed by atoms with Crippen molar-refractivity contribution in [2.75, 3.05) is 0 Å². The van der Waals surface area contributed by atoms with Crippen LogP contribution < -0.4 is 15.8 Å². The molecule has 0 saturated carbocycles. The number of nitrogens with two attached hydrogens (primary N) is 1. The first-order valence-electron chi connectivity index (χ1n) is 6.07. The average molecular weight is 255 g/mol. The maximum Gasteiger partial charge on any atom is 0.185 e. The molecule has 4 N–H and O–H groups in total. The molecular weight excluding hydrogens is 238 g/mol. The van der Waals surface area contributed by atoms with E-state index in [1.807, 2.05) is 54.6 Å². The normalized spacial score (nSPS) is 9.89. The van der Waals surface area contributed by atoms with Gasteiger partial charge >= 0.3 is 0 Å². The highest BCUT2D eigenvalue weighted by molar-refractivity contribution is 5.74. The van der Waals surface area contributed by atoms with Gasteiger partial charge in [0.05, 0.1) is 0 Å². The highest BCUT2D eigenvalue weighted by Crippen LogP contribution is 2.14. The molecule has 0 saturated heterocycles. The van der Waals surface area contributed by atoms with Crippen molar-refractivity contribution in [3.8, 4) is 5.75 Å². The van der Waals surface area contributed by atoms with Crippen LogP contribution in [0.5, 0.6) is 5.75 Å². The fourth-order valence-electron chi connectivity index (χ4n) is 1.64. The van der Waals surface area contributed by atoms with Gasteiger partial charge in [-0.25, -0.2) is 0 Å². The van der Waals surface area contributed by atoms with Gasteiger partial charge < -0.3 is 15.8 Å². The maximum absolute atomic E-state index is 7.09. The van der Waals surface area contributed by atoms with Gasteiger partial charge in [0.1, 0.15) is 12.4 Å². The molecule has 0 heterocycles. The minimum atomic E-state index is -0.0237. The molecule has 0 aliphatic rings.